The highest BCUT2D eigenvalue weighted by Crippen LogP contribution is 2.49. The predicted octanol–water partition coefficient (Wildman–Crippen LogP) is 17.8. The van der Waals surface area contributed by atoms with Gasteiger partial charge in [0.15, 0.2) is 0 Å². The van der Waals surface area contributed by atoms with Crippen LogP contribution in [0.1, 0.15) is 22.3 Å². The highest BCUT2D eigenvalue weighted by molar-refractivity contribution is 6.10. The Morgan fingerprint density at radius 2 is 0.986 bits per heavy atom. The Morgan fingerprint density at radius 1 is 0.414 bits per heavy atom. The molecule has 0 atom stereocenters. The Bertz CT molecular complexity index is 3690. The molecule has 0 spiro atoms. The molecule has 11 aromatic rings. The molecule has 12 rings (SSSR count). The van der Waals surface area contributed by atoms with Crippen molar-refractivity contribution in [1.29, 1.82) is 0 Å². The molecule has 0 saturated heterocycles. The van der Waals surface area contributed by atoms with E-state index in [0.717, 1.165) is 56.9 Å². The Labute approximate surface area is 410 Å². The van der Waals surface area contributed by atoms with Crippen LogP contribution < -0.4 is 4.90 Å². The number of hydrogen-bond acceptors (Lipinski definition) is 1. The molecule has 332 valence electrons. The maximum absolute atomic E-state index is 4.87. The van der Waals surface area contributed by atoms with Crippen molar-refractivity contribution >= 4 is 38.9 Å². The first-order valence-electron chi connectivity index (χ1n) is 24.2. The average molecular weight is 895 g/mol. The van der Waals surface area contributed by atoms with Crippen LogP contribution in [0.3, 0.4) is 0 Å². The van der Waals surface area contributed by atoms with E-state index >= 15 is 0 Å². The molecule has 0 aliphatic heterocycles. The van der Waals surface area contributed by atoms with E-state index in [0.29, 0.717) is 0 Å². The highest BCUT2D eigenvalue weighted by atomic mass is 15.1. The second-order valence-corrected chi connectivity index (χ2v) is 18.1. The molecule has 0 fully saturated rings. The minimum atomic E-state index is -0.648. The third-order valence-corrected chi connectivity index (χ3v) is 14.1. The van der Waals surface area contributed by atoms with Crippen LogP contribution in [0.25, 0.3) is 60.9 Å². The fourth-order valence-electron chi connectivity index (χ4n) is 10.8. The number of aromatic nitrogens is 1. The molecule has 1 aromatic heterocycles. The summed E-state index contributed by atoms with van der Waals surface area (Å²) >= 11 is 0. The summed E-state index contributed by atoms with van der Waals surface area (Å²) in [4.78, 5) is 2.39. The van der Waals surface area contributed by atoms with Crippen molar-refractivity contribution in [2.24, 2.45) is 0 Å². The van der Waals surface area contributed by atoms with Gasteiger partial charge in [-0.05, 0) is 123 Å². The lowest BCUT2D eigenvalue weighted by Gasteiger charge is -2.38. The van der Waals surface area contributed by atoms with Crippen molar-refractivity contribution < 1.29 is 0 Å². The molecule has 0 bridgehead atoms. The van der Waals surface area contributed by atoms with E-state index in [1.807, 2.05) is 0 Å². The summed E-state index contributed by atoms with van der Waals surface area (Å²) < 4.78 is 2.47. The van der Waals surface area contributed by atoms with Gasteiger partial charge in [-0.1, -0.05) is 225 Å². The number of rotatable bonds is 9. The zero-order valence-corrected chi connectivity index (χ0v) is 38.9. The van der Waals surface area contributed by atoms with Gasteiger partial charge in [-0.3, -0.25) is 0 Å². The molecular formula is C68H50N2. The van der Waals surface area contributed by atoms with E-state index in [1.54, 1.807) is 0 Å². The van der Waals surface area contributed by atoms with Gasteiger partial charge < -0.3 is 9.47 Å². The first kappa shape index (κ1) is 42.4. The first-order chi connectivity index (χ1) is 34.6. The highest BCUT2D eigenvalue weighted by Gasteiger charge is 2.40. The van der Waals surface area contributed by atoms with Gasteiger partial charge in [-0.2, -0.15) is 0 Å². The second kappa shape index (κ2) is 18.3. The maximum atomic E-state index is 4.87. The van der Waals surface area contributed by atoms with E-state index in [-0.39, 0.29) is 0 Å². The molecule has 2 nitrogen and oxygen atoms in total. The Balaban J connectivity index is 1.02. The second-order valence-electron chi connectivity index (χ2n) is 18.1. The average Bonchev–Trinajstić information content (AvgIpc) is 3.79. The summed E-state index contributed by atoms with van der Waals surface area (Å²) in [5.41, 5.74) is 19.0. The number of benzene rings is 10. The van der Waals surface area contributed by atoms with Crippen LogP contribution in [0.5, 0.6) is 0 Å². The molecule has 1 aliphatic carbocycles. The summed E-state index contributed by atoms with van der Waals surface area (Å²) in [6.07, 6.45) is 9.55. The van der Waals surface area contributed by atoms with Gasteiger partial charge in [0.05, 0.1) is 22.1 Å². The van der Waals surface area contributed by atoms with Crippen LogP contribution in [0, 0.1) is 0 Å². The minimum absolute atomic E-state index is 0.648. The number of allylic oxidation sites excluding steroid dienone is 5. The van der Waals surface area contributed by atoms with E-state index in [1.165, 1.54) is 55.3 Å². The van der Waals surface area contributed by atoms with Gasteiger partial charge in [-0.25, -0.2) is 0 Å². The van der Waals surface area contributed by atoms with Gasteiger partial charge in [0.25, 0.3) is 0 Å². The summed E-state index contributed by atoms with van der Waals surface area (Å²) in [6, 6.07) is 92.7. The number of nitrogens with zero attached hydrogens (tertiary/aromatic N) is 2. The molecule has 1 aliphatic rings. The van der Waals surface area contributed by atoms with Crippen LogP contribution in [0.4, 0.5) is 17.1 Å². The van der Waals surface area contributed by atoms with Crippen molar-refractivity contribution in [2.45, 2.75) is 11.8 Å². The van der Waals surface area contributed by atoms with Crippen LogP contribution in [0.15, 0.2) is 291 Å². The normalized spacial score (nSPS) is 14.0. The van der Waals surface area contributed by atoms with E-state index in [4.69, 9.17) is 6.58 Å². The Hall–Kier alpha value is -8.98. The Morgan fingerprint density at radius 3 is 1.71 bits per heavy atom. The maximum Gasteiger partial charge on any atom is 0.0699 e. The van der Waals surface area contributed by atoms with E-state index in [9.17, 15) is 0 Å². The fourth-order valence-corrected chi connectivity index (χ4v) is 10.8. The summed E-state index contributed by atoms with van der Waals surface area (Å²) in [5.74, 6) is 0. The van der Waals surface area contributed by atoms with Gasteiger partial charge in [0, 0.05) is 33.4 Å². The lowest BCUT2D eigenvalue weighted by molar-refractivity contribution is 0.736. The first-order valence-corrected chi connectivity index (χ1v) is 24.2. The lowest BCUT2D eigenvalue weighted by atomic mass is 9.63. The molecule has 1 heterocycles. The SMILES string of the molecule is C=C1/C=C\C=C/Cc2ccc(-n3c4ccccc4c4ccc(-c5ccccc5N(c5ccccc5)c5ccc(-c6cccc(-c7ccccc7)c6)cc5)cc43)cc2C1(c1ccccc1)c1ccccc1. The van der Waals surface area contributed by atoms with E-state index < -0.39 is 5.41 Å². The number of fused-ring (bicyclic) bond motifs is 4. The molecule has 0 unspecified atom stereocenters. The third-order valence-electron chi connectivity index (χ3n) is 14.1. The monoisotopic (exact) mass is 894 g/mol. The Kier molecular flexibility index (Phi) is 11.1. The lowest BCUT2D eigenvalue weighted by Crippen LogP contribution is -2.32. The smallest absolute Gasteiger partial charge is 0.0699 e. The predicted molar refractivity (Wildman–Crippen MR) is 296 cm³/mol. The summed E-state index contributed by atoms with van der Waals surface area (Å²) in [6.45, 7) is 4.87. The van der Waals surface area contributed by atoms with Gasteiger partial charge >= 0.3 is 0 Å². The van der Waals surface area contributed by atoms with Crippen molar-refractivity contribution in [3.63, 3.8) is 0 Å². The zero-order valence-electron chi connectivity index (χ0n) is 38.9. The molecule has 70 heavy (non-hydrogen) atoms. The quantitative estimate of drug-likeness (QED) is 0.140. The summed E-state index contributed by atoms with van der Waals surface area (Å²) in [7, 11) is 0. The van der Waals surface area contributed by atoms with Gasteiger partial charge in [0.1, 0.15) is 0 Å². The third kappa shape index (κ3) is 7.48. The van der Waals surface area contributed by atoms with Crippen LogP contribution in [0.2, 0.25) is 0 Å². The molecule has 0 saturated carbocycles. The standard InChI is InChI=1S/C68H50N2/c1-49-22-7-2-10-25-52-40-44-60(48-64(52)68(49,56-28-11-4-12-29-56)57-30-13-5-14-31-57)70-66-37-20-18-35-62(66)63-45-41-55(47-67(63)70)61-34-17-19-36-65(61)69(58-32-15-6-16-33-58)59-42-38-51(39-43-59)54-27-21-26-53(46-54)50-23-8-3-9-24-50/h2-24,26-48H,1,25H2/b10-2-,22-7-. The van der Waals surface area contributed by atoms with Crippen molar-refractivity contribution in [3.05, 3.63) is 313 Å². The van der Waals surface area contributed by atoms with Crippen LogP contribution >= 0.6 is 0 Å². The number of anilines is 3. The van der Waals surface area contributed by atoms with Crippen molar-refractivity contribution in [1.82, 2.24) is 4.57 Å². The molecule has 0 N–H and O–H groups in total. The molecule has 0 amide bonds. The number of hydrogen-bond donors (Lipinski definition) is 0. The molecule has 0 radical (unpaired) electrons. The molecule has 2 heteroatoms. The summed E-state index contributed by atoms with van der Waals surface area (Å²) in [5, 5.41) is 2.42. The van der Waals surface area contributed by atoms with Crippen molar-refractivity contribution in [3.8, 4) is 39.1 Å². The van der Waals surface area contributed by atoms with Crippen LogP contribution in [-0.4, -0.2) is 4.57 Å². The van der Waals surface area contributed by atoms with E-state index in [2.05, 4.69) is 289 Å². The topological polar surface area (TPSA) is 8.17 Å². The fraction of sp³-hybridized carbons (Fsp3) is 0.0294. The zero-order chi connectivity index (χ0) is 46.9. The van der Waals surface area contributed by atoms with Gasteiger partial charge in [0.2, 0.25) is 0 Å². The van der Waals surface area contributed by atoms with Gasteiger partial charge in [-0.15, -0.1) is 0 Å². The molecular weight excluding hydrogens is 845 g/mol. The van der Waals surface area contributed by atoms with Crippen molar-refractivity contribution in [2.75, 3.05) is 4.90 Å². The molecule has 10 aromatic carbocycles. The largest absolute Gasteiger partial charge is 0.310 e. The minimum Gasteiger partial charge on any atom is -0.310 e. The number of para-hydroxylation sites is 3. The van der Waals surface area contributed by atoms with Crippen LogP contribution in [-0.2, 0) is 11.8 Å².